The molecule has 0 aromatic heterocycles. The third-order valence-electron chi connectivity index (χ3n) is 2.30. The number of anilines is 1. The number of nitrogens with one attached hydrogen (secondary N) is 1. The molecule has 0 saturated heterocycles. The zero-order valence-electron chi connectivity index (χ0n) is 10.3. The van der Waals surface area contributed by atoms with Gasteiger partial charge in [0.15, 0.2) is 0 Å². The first-order valence-electron chi connectivity index (χ1n) is 5.70. The van der Waals surface area contributed by atoms with Crippen molar-refractivity contribution in [2.75, 3.05) is 24.3 Å². The summed E-state index contributed by atoms with van der Waals surface area (Å²) < 4.78 is 43.5. The monoisotopic (exact) mass is 297 g/mol. The van der Waals surface area contributed by atoms with E-state index in [1.807, 2.05) is 0 Å². The number of hydrogen-bond donors (Lipinski definition) is 2. The van der Waals surface area contributed by atoms with Crippen molar-refractivity contribution >= 4 is 17.3 Å². The van der Waals surface area contributed by atoms with Crippen LogP contribution in [0.25, 0.3) is 0 Å². The minimum Gasteiger partial charge on any atom is -0.493 e. The predicted octanol–water partition coefficient (Wildman–Crippen LogP) is 3.12. The van der Waals surface area contributed by atoms with Crippen molar-refractivity contribution in [3.05, 3.63) is 23.8 Å². The molecule has 19 heavy (non-hydrogen) atoms. The van der Waals surface area contributed by atoms with Crippen molar-refractivity contribution in [1.29, 1.82) is 0 Å². The Kier molecular flexibility index (Phi) is 5.75. The maximum absolute atomic E-state index is 12.8. The van der Waals surface area contributed by atoms with Crippen molar-refractivity contribution < 1.29 is 23.0 Å². The van der Waals surface area contributed by atoms with E-state index in [9.17, 15) is 18.3 Å². The molecule has 0 spiro atoms. The van der Waals surface area contributed by atoms with Crippen molar-refractivity contribution in [2.45, 2.75) is 19.2 Å². The van der Waals surface area contributed by atoms with Crippen LogP contribution in [-0.4, -0.2) is 30.2 Å². The van der Waals surface area contributed by atoms with Gasteiger partial charge in [0.25, 0.3) is 0 Å². The van der Waals surface area contributed by atoms with E-state index in [1.165, 1.54) is 12.1 Å². The highest BCUT2D eigenvalue weighted by molar-refractivity contribution is 6.18. The summed E-state index contributed by atoms with van der Waals surface area (Å²) in [6.07, 6.45) is -5.31. The van der Waals surface area contributed by atoms with Gasteiger partial charge in [-0.25, -0.2) is 0 Å². The predicted molar refractivity (Wildman–Crippen MR) is 67.8 cm³/mol. The summed E-state index contributed by atoms with van der Waals surface area (Å²) in [5, 5.41) is 11.9. The van der Waals surface area contributed by atoms with Crippen LogP contribution >= 0.6 is 11.6 Å². The van der Waals surface area contributed by atoms with E-state index >= 15 is 0 Å². The first-order chi connectivity index (χ1) is 8.88. The lowest BCUT2D eigenvalue weighted by molar-refractivity contribution is -0.138. The topological polar surface area (TPSA) is 41.5 Å². The summed E-state index contributed by atoms with van der Waals surface area (Å²) in [5.41, 5.74) is -0.598. The summed E-state index contributed by atoms with van der Waals surface area (Å²) in [6.45, 7) is 1.85. The largest absolute Gasteiger partial charge is 0.493 e. The Morgan fingerprint density at radius 2 is 2.11 bits per heavy atom. The van der Waals surface area contributed by atoms with Crippen LogP contribution in [0.3, 0.4) is 0 Å². The standard InChI is InChI=1S/C12H15ClF3NO2/c1-2-19-11-4-3-8(17-7-9(18)6-13)5-10(11)12(14,15)16/h3-5,9,17-18H,2,6-7H2,1H3. The molecule has 1 unspecified atom stereocenters. The van der Waals surface area contributed by atoms with Gasteiger partial charge >= 0.3 is 6.18 Å². The van der Waals surface area contributed by atoms with Crippen LogP contribution in [0, 0.1) is 0 Å². The van der Waals surface area contributed by atoms with Crippen molar-refractivity contribution in [1.82, 2.24) is 0 Å². The second-order valence-corrected chi connectivity index (χ2v) is 4.14. The number of benzene rings is 1. The van der Waals surface area contributed by atoms with Gasteiger partial charge in [-0.15, -0.1) is 11.6 Å². The minimum absolute atomic E-state index is 0.0101. The molecule has 0 heterocycles. The van der Waals surface area contributed by atoms with Gasteiger partial charge in [0, 0.05) is 12.2 Å². The molecular formula is C12H15ClF3NO2. The lowest BCUT2D eigenvalue weighted by Gasteiger charge is -2.16. The molecule has 3 nitrogen and oxygen atoms in total. The van der Waals surface area contributed by atoms with E-state index in [4.69, 9.17) is 16.3 Å². The van der Waals surface area contributed by atoms with E-state index in [0.29, 0.717) is 0 Å². The third-order valence-corrected chi connectivity index (χ3v) is 2.66. The molecule has 0 fully saturated rings. The molecule has 0 aliphatic carbocycles. The van der Waals surface area contributed by atoms with E-state index in [2.05, 4.69) is 5.32 Å². The SMILES string of the molecule is CCOc1ccc(NCC(O)CCl)cc1C(F)(F)F. The highest BCUT2D eigenvalue weighted by Crippen LogP contribution is 2.37. The first-order valence-corrected chi connectivity index (χ1v) is 6.23. The summed E-state index contributed by atoms with van der Waals surface area (Å²) >= 11 is 5.40. The summed E-state index contributed by atoms with van der Waals surface area (Å²) in [6, 6.07) is 3.66. The molecule has 1 aromatic carbocycles. The van der Waals surface area contributed by atoms with E-state index in [-0.39, 0.29) is 30.5 Å². The fraction of sp³-hybridized carbons (Fsp3) is 0.500. The maximum Gasteiger partial charge on any atom is 0.420 e. The van der Waals surface area contributed by atoms with Crippen molar-refractivity contribution in [2.24, 2.45) is 0 Å². The fourth-order valence-electron chi connectivity index (χ4n) is 1.43. The summed E-state index contributed by atoms with van der Waals surface area (Å²) in [4.78, 5) is 0. The van der Waals surface area contributed by atoms with E-state index in [0.717, 1.165) is 6.07 Å². The zero-order chi connectivity index (χ0) is 14.5. The Bertz CT molecular complexity index is 412. The van der Waals surface area contributed by atoms with Gasteiger partial charge in [-0.2, -0.15) is 13.2 Å². The Morgan fingerprint density at radius 3 is 2.63 bits per heavy atom. The normalized spacial score (nSPS) is 13.2. The Balaban J connectivity index is 2.92. The lowest BCUT2D eigenvalue weighted by Crippen LogP contribution is -2.21. The average molecular weight is 298 g/mol. The van der Waals surface area contributed by atoms with Crippen molar-refractivity contribution in [3.63, 3.8) is 0 Å². The molecule has 2 N–H and O–H groups in total. The highest BCUT2D eigenvalue weighted by atomic mass is 35.5. The van der Waals surface area contributed by atoms with E-state index in [1.54, 1.807) is 6.92 Å². The zero-order valence-corrected chi connectivity index (χ0v) is 11.1. The lowest BCUT2D eigenvalue weighted by atomic mass is 10.1. The number of aliphatic hydroxyl groups excluding tert-OH is 1. The second kappa shape index (κ2) is 6.86. The molecule has 1 rings (SSSR count). The maximum atomic E-state index is 12.8. The molecule has 1 atom stereocenters. The Hall–Kier alpha value is -1.14. The van der Waals surface area contributed by atoms with Gasteiger partial charge in [0.1, 0.15) is 5.75 Å². The first kappa shape index (κ1) is 15.9. The average Bonchev–Trinajstić information content (AvgIpc) is 2.36. The van der Waals surface area contributed by atoms with Gasteiger partial charge < -0.3 is 15.2 Å². The number of hydrogen-bond acceptors (Lipinski definition) is 3. The number of alkyl halides is 4. The molecule has 0 saturated carbocycles. The molecule has 0 radical (unpaired) electrons. The van der Waals surface area contributed by atoms with Gasteiger partial charge in [0.05, 0.1) is 24.2 Å². The van der Waals surface area contributed by atoms with Crippen LogP contribution in [0.1, 0.15) is 12.5 Å². The van der Waals surface area contributed by atoms with Crippen LogP contribution in [0.15, 0.2) is 18.2 Å². The smallest absolute Gasteiger partial charge is 0.420 e. The molecule has 1 aromatic rings. The van der Waals surface area contributed by atoms with Crippen LogP contribution in [-0.2, 0) is 6.18 Å². The molecular weight excluding hydrogens is 283 g/mol. The van der Waals surface area contributed by atoms with Gasteiger partial charge in [-0.3, -0.25) is 0 Å². The molecule has 7 heteroatoms. The summed E-state index contributed by atoms with van der Waals surface area (Å²) in [7, 11) is 0. The molecule has 0 aliphatic heterocycles. The van der Waals surface area contributed by atoms with Crippen molar-refractivity contribution in [3.8, 4) is 5.75 Å². The Labute approximate surface area is 114 Å². The third kappa shape index (κ3) is 4.80. The highest BCUT2D eigenvalue weighted by Gasteiger charge is 2.34. The quantitative estimate of drug-likeness (QED) is 0.793. The van der Waals surface area contributed by atoms with Crippen LogP contribution < -0.4 is 10.1 Å². The molecule has 0 bridgehead atoms. The Morgan fingerprint density at radius 1 is 1.42 bits per heavy atom. The minimum atomic E-state index is -4.49. The molecule has 108 valence electrons. The number of aliphatic hydroxyl groups is 1. The fourth-order valence-corrected chi connectivity index (χ4v) is 1.54. The van der Waals surface area contributed by atoms with Gasteiger partial charge in [-0.1, -0.05) is 0 Å². The van der Waals surface area contributed by atoms with Crippen LogP contribution in [0.2, 0.25) is 0 Å². The summed E-state index contributed by atoms with van der Waals surface area (Å²) in [5.74, 6) is -0.200. The second-order valence-electron chi connectivity index (χ2n) is 3.83. The van der Waals surface area contributed by atoms with Crippen LogP contribution in [0.4, 0.5) is 18.9 Å². The van der Waals surface area contributed by atoms with Gasteiger partial charge in [0.2, 0.25) is 0 Å². The van der Waals surface area contributed by atoms with Gasteiger partial charge in [-0.05, 0) is 25.1 Å². The van der Waals surface area contributed by atoms with E-state index < -0.39 is 17.8 Å². The van der Waals surface area contributed by atoms with Crippen LogP contribution in [0.5, 0.6) is 5.75 Å². The molecule has 0 amide bonds. The number of rotatable bonds is 6. The number of ether oxygens (including phenoxy) is 1. The molecule has 0 aliphatic rings. The number of halogens is 4.